The zero-order valence-electron chi connectivity index (χ0n) is 12.8. The molecule has 0 saturated carbocycles. The number of amides is 1. The molecule has 2 nitrogen and oxygen atoms in total. The summed E-state index contributed by atoms with van der Waals surface area (Å²) in [7, 11) is 0. The Morgan fingerprint density at radius 3 is 2.32 bits per heavy atom. The number of hydrogen-bond acceptors (Lipinski definition) is 1. The molecule has 104 valence electrons. The lowest BCUT2D eigenvalue weighted by atomic mass is 9.78. The van der Waals surface area contributed by atoms with E-state index >= 15 is 0 Å². The maximum atomic E-state index is 11.6. The molecule has 1 atom stereocenters. The lowest BCUT2D eigenvalue weighted by Gasteiger charge is -2.34. The van der Waals surface area contributed by atoms with Crippen LogP contribution in [0.25, 0.3) is 0 Å². The highest BCUT2D eigenvalue weighted by Gasteiger charge is 2.40. The monoisotopic (exact) mass is 259 g/mol. The molecule has 0 radical (unpaired) electrons. The van der Waals surface area contributed by atoms with E-state index in [1.54, 1.807) is 0 Å². The van der Waals surface area contributed by atoms with Crippen molar-refractivity contribution in [3.8, 4) is 0 Å². The van der Waals surface area contributed by atoms with Crippen molar-refractivity contribution in [2.45, 2.75) is 59.4 Å². The fraction of sp³-hybridized carbons (Fsp3) is 0.588. The van der Waals surface area contributed by atoms with Crippen LogP contribution in [0.5, 0.6) is 0 Å². The van der Waals surface area contributed by atoms with Crippen LogP contribution in [0.15, 0.2) is 12.1 Å². The van der Waals surface area contributed by atoms with Crippen LogP contribution in [0.1, 0.15) is 48.9 Å². The summed E-state index contributed by atoms with van der Waals surface area (Å²) in [5.74, 6) is 0.662. The van der Waals surface area contributed by atoms with Crippen molar-refractivity contribution in [3.63, 3.8) is 0 Å². The van der Waals surface area contributed by atoms with Gasteiger partial charge in [0.2, 0.25) is 5.91 Å². The first-order chi connectivity index (χ1) is 8.84. The molecule has 0 bridgehead atoms. The second kappa shape index (κ2) is 4.99. The number of aryl methyl sites for hydroxylation is 3. The highest BCUT2D eigenvalue weighted by molar-refractivity contribution is 5.79. The largest absolute Gasteiger partial charge is 0.350 e. The zero-order chi connectivity index (χ0) is 14.2. The lowest BCUT2D eigenvalue weighted by Crippen LogP contribution is -2.48. The predicted octanol–water partition coefficient (Wildman–Crippen LogP) is 3.46. The molecular weight excluding hydrogens is 234 g/mol. The van der Waals surface area contributed by atoms with Crippen molar-refractivity contribution in [2.75, 3.05) is 0 Å². The third-order valence-electron chi connectivity index (χ3n) is 4.75. The van der Waals surface area contributed by atoms with Gasteiger partial charge in [-0.15, -0.1) is 0 Å². The van der Waals surface area contributed by atoms with Crippen LogP contribution >= 0.6 is 0 Å². The van der Waals surface area contributed by atoms with Crippen molar-refractivity contribution in [1.82, 2.24) is 5.32 Å². The Morgan fingerprint density at radius 2 is 1.79 bits per heavy atom. The van der Waals surface area contributed by atoms with Crippen molar-refractivity contribution in [2.24, 2.45) is 5.92 Å². The highest BCUT2D eigenvalue weighted by Crippen LogP contribution is 2.33. The summed E-state index contributed by atoms with van der Waals surface area (Å²) >= 11 is 0. The summed E-state index contributed by atoms with van der Waals surface area (Å²) < 4.78 is 0. The maximum Gasteiger partial charge on any atom is 0.220 e. The van der Waals surface area contributed by atoms with Crippen LogP contribution in [-0.4, -0.2) is 11.4 Å². The van der Waals surface area contributed by atoms with E-state index in [1.165, 1.54) is 22.3 Å². The molecule has 19 heavy (non-hydrogen) atoms. The van der Waals surface area contributed by atoms with Crippen LogP contribution in [0.2, 0.25) is 0 Å². The molecule has 1 aliphatic rings. The maximum absolute atomic E-state index is 11.6. The Bertz CT molecular complexity index is 504. The van der Waals surface area contributed by atoms with Gasteiger partial charge >= 0.3 is 0 Å². The van der Waals surface area contributed by atoms with Crippen LogP contribution in [0.3, 0.4) is 0 Å². The van der Waals surface area contributed by atoms with Crippen LogP contribution in [0.4, 0.5) is 0 Å². The SMILES string of the molecule is Cc1cc(C)c(CC2(C(C)C)CCC(=O)N2)cc1C. The highest BCUT2D eigenvalue weighted by atomic mass is 16.2. The Labute approximate surface area is 116 Å². The minimum absolute atomic E-state index is 0.0520. The van der Waals surface area contributed by atoms with Gasteiger partial charge in [-0.1, -0.05) is 26.0 Å². The van der Waals surface area contributed by atoms with E-state index in [0.717, 1.165) is 12.8 Å². The van der Waals surface area contributed by atoms with Gasteiger partial charge in [-0.05, 0) is 61.8 Å². The number of nitrogens with one attached hydrogen (secondary N) is 1. The summed E-state index contributed by atoms with van der Waals surface area (Å²) in [6.07, 6.45) is 2.57. The van der Waals surface area contributed by atoms with E-state index in [-0.39, 0.29) is 11.4 Å². The van der Waals surface area contributed by atoms with Crippen molar-refractivity contribution in [3.05, 3.63) is 34.4 Å². The summed E-state index contributed by atoms with van der Waals surface area (Å²) in [6.45, 7) is 10.9. The van der Waals surface area contributed by atoms with Gasteiger partial charge in [0.15, 0.2) is 0 Å². The van der Waals surface area contributed by atoms with Gasteiger partial charge in [0.05, 0.1) is 0 Å². The summed E-state index contributed by atoms with van der Waals surface area (Å²) in [4.78, 5) is 11.6. The second-order valence-electron chi connectivity index (χ2n) is 6.40. The fourth-order valence-electron chi connectivity index (χ4n) is 3.06. The zero-order valence-corrected chi connectivity index (χ0v) is 12.8. The van der Waals surface area contributed by atoms with Gasteiger partial charge in [-0.2, -0.15) is 0 Å². The Hall–Kier alpha value is -1.31. The Morgan fingerprint density at radius 1 is 1.16 bits per heavy atom. The summed E-state index contributed by atoms with van der Waals surface area (Å²) in [5, 5.41) is 3.24. The third kappa shape index (κ3) is 2.68. The lowest BCUT2D eigenvalue weighted by molar-refractivity contribution is -0.120. The van der Waals surface area contributed by atoms with E-state index in [1.807, 2.05) is 0 Å². The normalized spacial score (nSPS) is 22.9. The predicted molar refractivity (Wildman–Crippen MR) is 79.3 cm³/mol. The number of benzene rings is 1. The standard InChI is InChI=1S/C17H25NO/c1-11(2)17(7-6-16(19)18-17)10-15-9-13(4)12(3)8-14(15)5/h8-9,11H,6-7,10H2,1-5H3,(H,18,19). The average molecular weight is 259 g/mol. The van der Waals surface area contributed by atoms with Gasteiger partial charge in [0.25, 0.3) is 0 Å². The van der Waals surface area contributed by atoms with Crippen LogP contribution in [0, 0.1) is 26.7 Å². The summed E-state index contributed by atoms with van der Waals surface area (Å²) in [6, 6.07) is 4.55. The van der Waals surface area contributed by atoms with Crippen LogP contribution < -0.4 is 5.32 Å². The second-order valence-corrected chi connectivity index (χ2v) is 6.40. The number of hydrogen-bond donors (Lipinski definition) is 1. The molecule has 0 aliphatic carbocycles. The first-order valence-corrected chi connectivity index (χ1v) is 7.22. The average Bonchev–Trinajstić information content (AvgIpc) is 2.69. The van der Waals surface area contributed by atoms with E-state index in [4.69, 9.17) is 0 Å². The first-order valence-electron chi connectivity index (χ1n) is 7.22. The third-order valence-corrected chi connectivity index (χ3v) is 4.75. The molecule has 2 heteroatoms. The molecule has 0 aromatic heterocycles. The molecular formula is C17H25NO. The molecule has 1 unspecified atom stereocenters. The van der Waals surface area contributed by atoms with Gasteiger partial charge in [0, 0.05) is 12.0 Å². The van der Waals surface area contributed by atoms with Gasteiger partial charge in [-0.3, -0.25) is 4.79 Å². The molecule has 1 aromatic rings. The fourth-order valence-corrected chi connectivity index (χ4v) is 3.06. The minimum atomic E-state index is -0.0520. The molecule has 1 N–H and O–H groups in total. The van der Waals surface area contributed by atoms with Crippen molar-refractivity contribution < 1.29 is 4.79 Å². The molecule has 1 heterocycles. The van der Waals surface area contributed by atoms with E-state index in [9.17, 15) is 4.79 Å². The quantitative estimate of drug-likeness (QED) is 0.885. The van der Waals surface area contributed by atoms with Crippen molar-refractivity contribution in [1.29, 1.82) is 0 Å². The number of carbonyl (C=O) groups excluding carboxylic acids is 1. The number of rotatable bonds is 3. The van der Waals surface area contributed by atoms with E-state index in [2.05, 4.69) is 52.1 Å². The van der Waals surface area contributed by atoms with Crippen LogP contribution in [-0.2, 0) is 11.2 Å². The topological polar surface area (TPSA) is 29.1 Å². The number of carbonyl (C=O) groups is 1. The van der Waals surface area contributed by atoms with Gasteiger partial charge in [-0.25, -0.2) is 0 Å². The Kier molecular flexibility index (Phi) is 3.71. The molecule has 1 fully saturated rings. The van der Waals surface area contributed by atoms with Gasteiger partial charge in [0.1, 0.15) is 0 Å². The molecule has 0 spiro atoms. The Balaban J connectivity index is 2.33. The first kappa shape index (κ1) is 14.1. The molecule has 2 rings (SSSR count). The van der Waals surface area contributed by atoms with Crippen molar-refractivity contribution >= 4 is 5.91 Å². The molecule has 1 aromatic carbocycles. The smallest absolute Gasteiger partial charge is 0.220 e. The molecule has 1 saturated heterocycles. The summed E-state index contributed by atoms with van der Waals surface area (Å²) in [5.41, 5.74) is 5.34. The van der Waals surface area contributed by atoms with E-state index in [0.29, 0.717) is 12.3 Å². The minimum Gasteiger partial charge on any atom is -0.350 e. The molecule has 1 aliphatic heterocycles. The molecule has 1 amide bonds. The van der Waals surface area contributed by atoms with Gasteiger partial charge < -0.3 is 5.32 Å². The van der Waals surface area contributed by atoms with E-state index < -0.39 is 0 Å².